The molecule has 11 nitrogen and oxygen atoms in total. The zero-order valence-corrected chi connectivity index (χ0v) is 39.0. The Kier molecular flexibility index (Phi) is 41.9. The van der Waals surface area contributed by atoms with Gasteiger partial charge >= 0.3 is 5.97 Å². The molecule has 0 fully saturated rings. The Labute approximate surface area is 352 Å². The van der Waals surface area contributed by atoms with Gasteiger partial charge in [0, 0.05) is 26.6 Å². The Morgan fingerprint density at radius 3 is 1.16 bits per heavy atom. The van der Waals surface area contributed by atoms with Crippen LogP contribution in [0.1, 0.15) is 235 Å². The van der Waals surface area contributed by atoms with E-state index in [-0.39, 0.29) is 0 Å². The minimum Gasteiger partial charge on any atom is -0.330 e. The van der Waals surface area contributed by atoms with Crippen molar-refractivity contribution < 1.29 is 43.0 Å². The summed E-state index contributed by atoms with van der Waals surface area (Å²) < 4.78 is 31.2. The first kappa shape index (κ1) is 56.6. The summed E-state index contributed by atoms with van der Waals surface area (Å²) in [4.78, 5) is 25.2. The number of methoxy groups -OCH3 is 1. The van der Waals surface area contributed by atoms with Crippen LogP contribution in [-0.2, 0) is 43.0 Å². The van der Waals surface area contributed by atoms with Crippen molar-refractivity contribution >= 4 is 0 Å². The van der Waals surface area contributed by atoms with Gasteiger partial charge in [0.25, 0.3) is 5.97 Å². The molecule has 0 saturated carbocycles. The molecule has 11 heteroatoms. The van der Waals surface area contributed by atoms with Crippen LogP contribution < -0.4 is 0 Å². The number of rotatable bonds is 48. The SMILES string of the molecule is CCCCCCCCON(OC(CCCCCCCCC(OCCC)(OCCCC)OCCCCC)(OC)OCC)N(OCCCCCC)OCCCCCCC. The summed E-state index contributed by atoms with van der Waals surface area (Å²) in [6, 6.07) is 0. The van der Waals surface area contributed by atoms with Crippen molar-refractivity contribution in [3.05, 3.63) is 0 Å². The number of unbranched alkanes of at least 4 members (excludes halogenated alkanes) is 20. The van der Waals surface area contributed by atoms with Crippen LogP contribution in [0, 0.1) is 0 Å². The maximum atomic E-state index is 6.51. The average Bonchev–Trinajstić information content (AvgIpc) is 3.22. The van der Waals surface area contributed by atoms with Gasteiger partial charge in [-0.15, -0.1) is 0 Å². The lowest BCUT2D eigenvalue weighted by Gasteiger charge is -2.37. The van der Waals surface area contributed by atoms with Crippen LogP contribution in [0.3, 0.4) is 0 Å². The Balaban J connectivity index is 5.53. The summed E-state index contributed by atoms with van der Waals surface area (Å²) in [6.45, 7) is 19.0. The van der Waals surface area contributed by atoms with Gasteiger partial charge in [0.15, 0.2) is 0 Å². The second-order valence-corrected chi connectivity index (χ2v) is 15.5. The zero-order chi connectivity index (χ0) is 42.0. The van der Waals surface area contributed by atoms with E-state index in [1.807, 2.05) is 6.92 Å². The molecule has 0 N–H and O–H groups in total. The molecule has 0 aromatic rings. The fourth-order valence-corrected chi connectivity index (χ4v) is 6.41. The number of hydrogen-bond acceptors (Lipinski definition) is 11. The molecule has 2 atom stereocenters. The molecule has 0 bridgehead atoms. The van der Waals surface area contributed by atoms with E-state index in [1.165, 1.54) is 62.0 Å². The smallest absolute Gasteiger partial charge is 0.303 e. The van der Waals surface area contributed by atoms with Gasteiger partial charge in [-0.3, -0.25) is 14.5 Å². The molecule has 0 aromatic carbocycles. The van der Waals surface area contributed by atoms with Gasteiger partial charge in [0.2, 0.25) is 0 Å². The molecule has 0 spiro atoms. The largest absolute Gasteiger partial charge is 0.330 e. The van der Waals surface area contributed by atoms with E-state index < -0.39 is 11.9 Å². The van der Waals surface area contributed by atoms with E-state index in [0.717, 1.165) is 128 Å². The predicted octanol–water partition coefficient (Wildman–Crippen LogP) is 13.7. The van der Waals surface area contributed by atoms with Gasteiger partial charge in [0.1, 0.15) is 0 Å². The summed E-state index contributed by atoms with van der Waals surface area (Å²) in [5, 5.41) is 2.54. The van der Waals surface area contributed by atoms with Crippen molar-refractivity contribution in [2.75, 3.05) is 53.4 Å². The quantitative estimate of drug-likeness (QED) is 0.0334. The van der Waals surface area contributed by atoms with E-state index in [0.29, 0.717) is 52.7 Å². The Hall–Kier alpha value is -0.440. The standard InChI is InChI=1S/C46H96N2O9/c1-9-16-21-24-30-36-44-56-48(47(54-42-34-23-18-11-3)55-43-35-29-22-17-10-2)57-45(49-8,50-15-7)37-31-27-25-26-28-32-38-46(51-39-14-6,52-40-20-13-5)53-41-33-19-12-4/h9-44H2,1-8H3. The topological polar surface area (TPSA) is 89.6 Å². The Bertz CT molecular complexity index is 801. The molecular formula is C46H96N2O9. The molecule has 57 heavy (non-hydrogen) atoms. The molecule has 0 heterocycles. The highest BCUT2D eigenvalue weighted by Gasteiger charge is 2.39. The van der Waals surface area contributed by atoms with Crippen LogP contribution in [-0.4, -0.2) is 76.0 Å². The van der Waals surface area contributed by atoms with Crippen molar-refractivity contribution in [2.45, 2.75) is 247 Å². The van der Waals surface area contributed by atoms with Gasteiger partial charge in [-0.1, -0.05) is 164 Å². The lowest BCUT2D eigenvalue weighted by molar-refractivity contribution is -0.660. The molecular weight excluding hydrogens is 725 g/mol. The minimum atomic E-state index is -1.36. The van der Waals surface area contributed by atoms with Crippen molar-refractivity contribution in [1.82, 2.24) is 10.7 Å². The summed E-state index contributed by atoms with van der Waals surface area (Å²) in [5.74, 6) is -2.29. The maximum Gasteiger partial charge on any atom is 0.303 e. The monoisotopic (exact) mass is 821 g/mol. The van der Waals surface area contributed by atoms with Gasteiger partial charge in [-0.05, 0) is 58.3 Å². The van der Waals surface area contributed by atoms with Gasteiger partial charge in [-0.2, -0.15) is 4.84 Å². The second-order valence-electron chi connectivity index (χ2n) is 15.5. The van der Waals surface area contributed by atoms with Gasteiger partial charge < -0.3 is 23.7 Å². The first-order chi connectivity index (χ1) is 28.0. The normalized spacial score (nSPS) is 14.2. The number of nitrogens with zero attached hydrogens (tertiary/aromatic N) is 2. The van der Waals surface area contributed by atoms with Crippen molar-refractivity contribution in [3.8, 4) is 0 Å². The van der Waals surface area contributed by atoms with Crippen LogP contribution in [0.25, 0.3) is 0 Å². The lowest BCUT2D eigenvalue weighted by Crippen LogP contribution is -2.51. The third-order valence-electron chi connectivity index (χ3n) is 10.0. The molecule has 0 aliphatic rings. The Morgan fingerprint density at radius 2 is 0.684 bits per heavy atom. The fourth-order valence-electron chi connectivity index (χ4n) is 6.41. The maximum absolute atomic E-state index is 6.51. The first-order valence-electron chi connectivity index (χ1n) is 24.2. The first-order valence-corrected chi connectivity index (χ1v) is 24.2. The number of hydrazine groups is 1. The van der Waals surface area contributed by atoms with E-state index >= 15 is 0 Å². The molecule has 2 unspecified atom stereocenters. The van der Waals surface area contributed by atoms with Crippen LogP contribution in [0.15, 0.2) is 0 Å². The lowest BCUT2D eigenvalue weighted by atomic mass is 10.1. The predicted molar refractivity (Wildman–Crippen MR) is 233 cm³/mol. The molecule has 0 rings (SSSR count). The van der Waals surface area contributed by atoms with E-state index in [4.69, 9.17) is 43.0 Å². The highest BCUT2D eigenvalue weighted by atomic mass is 17.2. The number of ether oxygens (including phenoxy) is 5. The highest BCUT2D eigenvalue weighted by Crippen LogP contribution is 2.28. The van der Waals surface area contributed by atoms with Crippen LogP contribution in [0.4, 0.5) is 0 Å². The molecule has 344 valence electrons. The zero-order valence-electron chi connectivity index (χ0n) is 39.0. The molecule has 0 radical (unpaired) electrons. The average molecular weight is 821 g/mol. The van der Waals surface area contributed by atoms with E-state index in [1.54, 1.807) is 7.11 Å². The van der Waals surface area contributed by atoms with Crippen LogP contribution in [0.2, 0.25) is 0 Å². The minimum absolute atomic E-state index is 0.415. The van der Waals surface area contributed by atoms with Gasteiger partial charge in [0.05, 0.1) is 50.3 Å². The van der Waals surface area contributed by atoms with E-state index in [2.05, 4.69) is 41.5 Å². The third kappa shape index (κ3) is 32.0. The number of hydrogen-bond donors (Lipinski definition) is 0. The second kappa shape index (κ2) is 42.3. The van der Waals surface area contributed by atoms with Gasteiger partial charge in [-0.25, -0.2) is 0 Å². The van der Waals surface area contributed by atoms with Crippen LogP contribution >= 0.6 is 0 Å². The Morgan fingerprint density at radius 1 is 0.316 bits per heavy atom. The third-order valence-corrected chi connectivity index (χ3v) is 10.0. The fraction of sp³-hybridized carbons (Fsp3) is 1.00. The van der Waals surface area contributed by atoms with Crippen molar-refractivity contribution in [3.63, 3.8) is 0 Å². The summed E-state index contributed by atoms with van der Waals surface area (Å²) >= 11 is 0. The van der Waals surface area contributed by atoms with E-state index in [9.17, 15) is 0 Å². The molecule has 0 saturated heterocycles. The van der Waals surface area contributed by atoms with Crippen molar-refractivity contribution in [1.29, 1.82) is 0 Å². The van der Waals surface area contributed by atoms with Crippen molar-refractivity contribution in [2.24, 2.45) is 0 Å². The molecule has 0 amide bonds. The highest BCUT2D eigenvalue weighted by molar-refractivity contribution is 4.62. The summed E-state index contributed by atoms with van der Waals surface area (Å²) in [7, 11) is 1.63. The summed E-state index contributed by atoms with van der Waals surface area (Å²) in [6.07, 6.45) is 30.7. The molecule has 0 aromatic heterocycles. The molecule has 0 aliphatic carbocycles. The summed E-state index contributed by atoms with van der Waals surface area (Å²) in [5.41, 5.74) is 0. The van der Waals surface area contributed by atoms with Crippen LogP contribution in [0.5, 0.6) is 0 Å². The molecule has 0 aliphatic heterocycles.